The van der Waals surface area contributed by atoms with Crippen LogP contribution in [0.1, 0.15) is 18.3 Å². The Kier molecular flexibility index (Phi) is 4.52. The summed E-state index contributed by atoms with van der Waals surface area (Å²) in [5, 5.41) is 0.532. The van der Waals surface area contributed by atoms with Gasteiger partial charge in [-0.25, -0.2) is 0 Å². The van der Waals surface area contributed by atoms with Crippen LogP contribution in [0.25, 0.3) is 0 Å². The highest BCUT2D eigenvalue weighted by Gasteiger charge is 2.07. The molecule has 0 aliphatic rings. The molecule has 0 bridgehead atoms. The van der Waals surface area contributed by atoms with Gasteiger partial charge in [0.1, 0.15) is 0 Å². The molecule has 0 aliphatic heterocycles. The van der Waals surface area contributed by atoms with Crippen LogP contribution in [0.15, 0.2) is 12.1 Å². The summed E-state index contributed by atoms with van der Waals surface area (Å²) in [6.45, 7) is 2.42. The number of halogens is 1. The Bertz CT molecular complexity index is 355. The molecule has 82 valence electrons. The van der Waals surface area contributed by atoms with Gasteiger partial charge < -0.3 is 10.5 Å². The molecule has 0 spiro atoms. The molecule has 0 fully saturated rings. The van der Waals surface area contributed by atoms with Crippen LogP contribution >= 0.6 is 11.6 Å². The number of nitrogens with two attached hydrogens (primary N) is 1. The van der Waals surface area contributed by atoms with Crippen LogP contribution < -0.4 is 5.73 Å². The molecule has 1 aromatic rings. The van der Waals surface area contributed by atoms with Crippen molar-refractivity contribution in [3.8, 4) is 0 Å². The average molecular weight is 229 g/mol. The van der Waals surface area contributed by atoms with Gasteiger partial charge in [-0.2, -0.15) is 0 Å². The molecule has 0 saturated heterocycles. The minimum Gasteiger partial charge on any atom is -0.466 e. The van der Waals surface area contributed by atoms with Crippen molar-refractivity contribution in [2.75, 3.05) is 6.61 Å². The SMILES string of the molecule is CCOC(=O)Cc1cc(Cl)cc(CN)n1. The lowest BCUT2D eigenvalue weighted by molar-refractivity contribution is -0.142. The number of ether oxygens (including phenoxy) is 1. The molecule has 2 N–H and O–H groups in total. The maximum Gasteiger partial charge on any atom is 0.311 e. The van der Waals surface area contributed by atoms with Gasteiger partial charge in [0.2, 0.25) is 0 Å². The quantitative estimate of drug-likeness (QED) is 0.789. The van der Waals surface area contributed by atoms with Crippen molar-refractivity contribution in [3.63, 3.8) is 0 Å². The van der Waals surface area contributed by atoms with Crippen molar-refractivity contribution in [3.05, 3.63) is 28.5 Å². The Morgan fingerprint density at radius 3 is 2.80 bits per heavy atom. The summed E-state index contributed by atoms with van der Waals surface area (Å²) in [5.74, 6) is -0.310. The maximum absolute atomic E-state index is 11.2. The number of nitrogens with zero attached hydrogens (tertiary/aromatic N) is 1. The van der Waals surface area contributed by atoms with E-state index in [0.717, 1.165) is 0 Å². The molecule has 0 radical (unpaired) electrons. The predicted molar refractivity (Wildman–Crippen MR) is 57.5 cm³/mol. The van der Waals surface area contributed by atoms with Crippen LogP contribution in [0.5, 0.6) is 0 Å². The molecule has 1 aromatic heterocycles. The minimum atomic E-state index is -0.310. The zero-order valence-electron chi connectivity index (χ0n) is 8.50. The fourth-order valence-corrected chi connectivity index (χ4v) is 1.42. The van der Waals surface area contributed by atoms with Crippen LogP contribution in [0.2, 0.25) is 5.02 Å². The molecular formula is C10H13ClN2O2. The third-order valence-electron chi connectivity index (χ3n) is 1.74. The molecule has 0 aliphatic carbocycles. The molecule has 5 heteroatoms. The molecule has 15 heavy (non-hydrogen) atoms. The lowest BCUT2D eigenvalue weighted by Gasteiger charge is -2.04. The van der Waals surface area contributed by atoms with E-state index in [1.54, 1.807) is 19.1 Å². The van der Waals surface area contributed by atoms with E-state index < -0.39 is 0 Å². The first kappa shape index (κ1) is 11.9. The molecule has 1 heterocycles. The number of esters is 1. The summed E-state index contributed by atoms with van der Waals surface area (Å²) in [4.78, 5) is 15.4. The van der Waals surface area contributed by atoms with E-state index in [2.05, 4.69) is 4.98 Å². The molecule has 4 nitrogen and oxygen atoms in total. The number of aromatic nitrogens is 1. The van der Waals surface area contributed by atoms with E-state index in [1.807, 2.05) is 0 Å². The number of carbonyl (C=O) groups excluding carboxylic acids is 1. The fourth-order valence-electron chi connectivity index (χ4n) is 1.16. The summed E-state index contributed by atoms with van der Waals surface area (Å²) in [7, 11) is 0. The minimum absolute atomic E-state index is 0.126. The Hall–Kier alpha value is -1.13. The van der Waals surface area contributed by atoms with E-state index in [-0.39, 0.29) is 12.4 Å². The number of hydrogen-bond acceptors (Lipinski definition) is 4. The van der Waals surface area contributed by atoms with E-state index >= 15 is 0 Å². The first-order valence-electron chi connectivity index (χ1n) is 4.66. The van der Waals surface area contributed by atoms with Crippen molar-refractivity contribution in [2.24, 2.45) is 5.73 Å². The molecule has 0 saturated carbocycles. The maximum atomic E-state index is 11.2. The molecule has 0 aromatic carbocycles. The van der Waals surface area contributed by atoms with Crippen molar-refractivity contribution >= 4 is 17.6 Å². The summed E-state index contributed by atoms with van der Waals surface area (Å²) < 4.78 is 4.81. The highest BCUT2D eigenvalue weighted by molar-refractivity contribution is 6.30. The zero-order chi connectivity index (χ0) is 11.3. The Labute approximate surface area is 93.4 Å². The molecule has 0 atom stereocenters. The summed E-state index contributed by atoms with van der Waals surface area (Å²) >= 11 is 5.84. The molecular weight excluding hydrogens is 216 g/mol. The van der Waals surface area contributed by atoms with Gasteiger partial charge in [-0.05, 0) is 19.1 Å². The normalized spacial score (nSPS) is 10.1. The largest absolute Gasteiger partial charge is 0.466 e. The zero-order valence-corrected chi connectivity index (χ0v) is 9.25. The number of rotatable bonds is 4. The molecule has 0 unspecified atom stereocenters. The summed E-state index contributed by atoms with van der Waals surface area (Å²) in [5.41, 5.74) is 6.69. The predicted octanol–water partition coefficient (Wildman–Crippen LogP) is 1.30. The Balaban J connectivity index is 2.76. The topological polar surface area (TPSA) is 65.2 Å². The van der Waals surface area contributed by atoms with Crippen LogP contribution in [0.4, 0.5) is 0 Å². The standard InChI is InChI=1S/C10H13ClN2O2/c1-2-15-10(14)5-8-3-7(11)4-9(6-12)13-8/h3-4H,2,5-6,12H2,1H3. The van der Waals surface area contributed by atoms with E-state index in [1.165, 1.54) is 0 Å². The van der Waals surface area contributed by atoms with Crippen molar-refractivity contribution in [2.45, 2.75) is 19.9 Å². The third kappa shape index (κ3) is 3.85. The van der Waals surface area contributed by atoms with Gasteiger partial charge in [0.25, 0.3) is 0 Å². The van der Waals surface area contributed by atoms with Crippen molar-refractivity contribution < 1.29 is 9.53 Å². The lowest BCUT2D eigenvalue weighted by Crippen LogP contribution is -2.10. The van der Waals surface area contributed by atoms with Gasteiger partial charge in [0.05, 0.1) is 24.4 Å². The van der Waals surface area contributed by atoms with Crippen LogP contribution in [-0.2, 0) is 22.5 Å². The Morgan fingerprint density at radius 2 is 2.20 bits per heavy atom. The van der Waals surface area contributed by atoms with Gasteiger partial charge in [0.15, 0.2) is 0 Å². The number of carbonyl (C=O) groups is 1. The van der Waals surface area contributed by atoms with Gasteiger partial charge in [-0.15, -0.1) is 0 Å². The highest BCUT2D eigenvalue weighted by Crippen LogP contribution is 2.12. The first-order chi connectivity index (χ1) is 7.15. The lowest BCUT2D eigenvalue weighted by atomic mass is 10.2. The van der Waals surface area contributed by atoms with Gasteiger partial charge in [0, 0.05) is 11.6 Å². The fraction of sp³-hybridized carbons (Fsp3) is 0.400. The summed E-state index contributed by atoms with van der Waals surface area (Å²) in [6, 6.07) is 3.31. The van der Waals surface area contributed by atoms with Gasteiger partial charge >= 0.3 is 5.97 Å². The number of hydrogen-bond donors (Lipinski definition) is 1. The second-order valence-electron chi connectivity index (χ2n) is 2.95. The third-order valence-corrected chi connectivity index (χ3v) is 1.95. The molecule has 0 amide bonds. The van der Waals surface area contributed by atoms with Gasteiger partial charge in [-0.1, -0.05) is 11.6 Å². The first-order valence-corrected chi connectivity index (χ1v) is 5.04. The monoisotopic (exact) mass is 228 g/mol. The van der Waals surface area contributed by atoms with Gasteiger partial charge in [-0.3, -0.25) is 9.78 Å². The average Bonchev–Trinajstić information content (AvgIpc) is 2.17. The smallest absolute Gasteiger partial charge is 0.311 e. The van der Waals surface area contributed by atoms with E-state index in [9.17, 15) is 4.79 Å². The van der Waals surface area contributed by atoms with Crippen LogP contribution in [0, 0.1) is 0 Å². The highest BCUT2D eigenvalue weighted by atomic mass is 35.5. The van der Waals surface area contributed by atoms with Crippen LogP contribution in [0.3, 0.4) is 0 Å². The van der Waals surface area contributed by atoms with Crippen molar-refractivity contribution in [1.29, 1.82) is 0 Å². The molecule has 1 rings (SSSR count). The summed E-state index contributed by atoms with van der Waals surface area (Å²) in [6.07, 6.45) is 0.126. The number of pyridine rings is 1. The van der Waals surface area contributed by atoms with E-state index in [0.29, 0.717) is 29.6 Å². The second kappa shape index (κ2) is 5.68. The van der Waals surface area contributed by atoms with Crippen molar-refractivity contribution in [1.82, 2.24) is 4.98 Å². The van der Waals surface area contributed by atoms with Crippen LogP contribution in [-0.4, -0.2) is 17.6 Å². The van der Waals surface area contributed by atoms with E-state index in [4.69, 9.17) is 22.1 Å². The Morgan fingerprint density at radius 1 is 1.53 bits per heavy atom. The second-order valence-corrected chi connectivity index (χ2v) is 3.39.